The fourth-order valence-corrected chi connectivity index (χ4v) is 3.14. The lowest BCUT2D eigenvalue weighted by Gasteiger charge is -2.28. The summed E-state index contributed by atoms with van der Waals surface area (Å²) >= 11 is 12.1. The highest BCUT2D eigenvalue weighted by Gasteiger charge is 2.25. The van der Waals surface area contributed by atoms with Crippen molar-refractivity contribution in [1.82, 2.24) is 10.2 Å². The Kier molecular flexibility index (Phi) is 7.28. The summed E-state index contributed by atoms with van der Waals surface area (Å²) in [5.41, 5.74) is 4.05. The smallest absolute Gasteiger partial charge is 0.242 e. The molecule has 0 unspecified atom stereocenters. The van der Waals surface area contributed by atoms with Crippen molar-refractivity contribution in [3.05, 3.63) is 68.7 Å². The van der Waals surface area contributed by atoms with E-state index in [9.17, 15) is 9.59 Å². The summed E-state index contributed by atoms with van der Waals surface area (Å²) in [5, 5.41) is 3.48. The third kappa shape index (κ3) is 5.47. The zero-order valence-corrected chi connectivity index (χ0v) is 17.5. The minimum atomic E-state index is -0.608. The van der Waals surface area contributed by atoms with E-state index in [-0.39, 0.29) is 24.8 Å². The molecule has 2 aromatic carbocycles. The highest BCUT2D eigenvalue weighted by molar-refractivity contribution is 6.42. The molecular weight excluding hydrogens is 383 g/mol. The van der Waals surface area contributed by atoms with Gasteiger partial charge in [-0.1, -0.05) is 47.5 Å². The average Bonchev–Trinajstić information content (AvgIpc) is 2.64. The first kappa shape index (κ1) is 21.3. The molecule has 4 nitrogen and oxygen atoms in total. The molecule has 2 rings (SSSR count). The molecule has 0 aliphatic heterocycles. The van der Waals surface area contributed by atoms with Crippen LogP contribution in [0.25, 0.3) is 0 Å². The van der Waals surface area contributed by atoms with Crippen LogP contribution in [0.4, 0.5) is 0 Å². The molecule has 0 saturated carbocycles. The first-order valence-electron chi connectivity index (χ1n) is 8.74. The summed E-state index contributed by atoms with van der Waals surface area (Å²) in [6.45, 7) is 6.04. The van der Waals surface area contributed by atoms with Crippen LogP contribution in [0.15, 0.2) is 36.4 Å². The number of amides is 2. The second-order valence-electron chi connectivity index (χ2n) is 6.66. The van der Waals surface area contributed by atoms with Gasteiger partial charge in [0.2, 0.25) is 11.8 Å². The van der Waals surface area contributed by atoms with Crippen LogP contribution in [0.1, 0.15) is 29.2 Å². The highest BCUT2D eigenvalue weighted by atomic mass is 35.5. The quantitative estimate of drug-likeness (QED) is 0.776. The summed E-state index contributed by atoms with van der Waals surface area (Å²) in [7, 11) is 1.56. The number of carbonyl (C=O) groups is 2. The van der Waals surface area contributed by atoms with Crippen LogP contribution >= 0.6 is 23.2 Å². The largest absolute Gasteiger partial charge is 0.357 e. The van der Waals surface area contributed by atoms with E-state index >= 15 is 0 Å². The standard InChI is InChI=1S/C21H24Cl2N2O2/c1-13-5-6-16(9-14(13)2)11-20(26)25(15(3)21(27)24-4)12-17-7-8-18(22)19(23)10-17/h5-10,15H,11-12H2,1-4H3,(H,24,27)/t15-/m1/s1. The second kappa shape index (κ2) is 9.25. The van der Waals surface area contributed by atoms with Crippen molar-refractivity contribution < 1.29 is 9.59 Å². The molecule has 2 aromatic rings. The predicted octanol–water partition coefficient (Wildman–Crippen LogP) is 4.32. The Hall–Kier alpha value is -2.04. The van der Waals surface area contributed by atoms with E-state index in [0.717, 1.165) is 16.7 Å². The molecule has 0 heterocycles. The second-order valence-corrected chi connectivity index (χ2v) is 7.47. The molecule has 0 aliphatic carbocycles. The Morgan fingerprint density at radius 1 is 1.00 bits per heavy atom. The van der Waals surface area contributed by atoms with Crippen LogP contribution < -0.4 is 5.32 Å². The van der Waals surface area contributed by atoms with Crippen molar-refractivity contribution >= 4 is 35.0 Å². The van der Waals surface area contributed by atoms with Gasteiger partial charge in [0.1, 0.15) is 6.04 Å². The van der Waals surface area contributed by atoms with Crippen molar-refractivity contribution in [2.45, 2.75) is 39.8 Å². The van der Waals surface area contributed by atoms with Gasteiger partial charge in [-0.2, -0.15) is 0 Å². The van der Waals surface area contributed by atoms with Crippen LogP contribution in [0, 0.1) is 13.8 Å². The van der Waals surface area contributed by atoms with Crippen molar-refractivity contribution in [3.8, 4) is 0 Å². The molecule has 0 aliphatic rings. The zero-order valence-electron chi connectivity index (χ0n) is 16.0. The normalized spacial score (nSPS) is 11.8. The van der Waals surface area contributed by atoms with E-state index in [0.29, 0.717) is 10.0 Å². The lowest BCUT2D eigenvalue weighted by atomic mass is 10.0. The summed E-state index contributed by atoms with van der Waals surface area (Å²) in [6, 6.07) is 10.6. The Morgan fingerprint density at radius 3 is 2.26 bits per heavy atom. The summed E-state index contributed by atoms with van der Waals surface area (Å²) in [4.78, 5) is 26.7. The lowest BCUT2D eigenvalue weighted by Crippen LogP contribution is -2.47. The van der Waals surface area contributed by atoms with Crippen molar-refractivity contribution in [2.24, 2.45) is 0 Å². The van der Waals surface area contributed by atoms with E-state index < -0.39 is 6.04 Å². The molecule has 144 valence electrons. The van der Waals surface area contributed by atoms with E-state index in [4.69, 9.17) is 23.2 Å². The third-order valence-electron chi connectivity index (χ3n) is 4.68. The fourth-order valence-electron chi connectivity index (χ4n) is 2.82. The molecule has 0 radical (unpaired) electrons. The van der Waals surface area contributed by atoms with Crippen LogP contribution in [0.3, 0.4) is 0 Å². The van der Waals surface area contributed by atoms with Gasteiger partial charge < -0.3 is 10.2 Å². The number of nitrogens with one attached hydrogen (secondary N) is 1. The predicted molar refractivity (Wildman–Crippen MR) is 110 cm³/mol. The van der Waals surface area contributed by atoms with E-state index in [1.807, 2.05) is 32.0 Å². The molecule has 0 saturated heterocycles. The fraction of sp³-hybridized carbons (Fsp3) is 0.333. The Balaban J connectivity index is 2.27. The van der Waals surface area contributed by atoms with E-state index in [2.05, 4.69) is 5.32 Å². The van der Waals surface area contributed by atoms with Gasteiger partial charge in [-0.15, -0.1) is 0 Å². The maximum absolute atomic E-state index is 13.0. The number of hydrogen-bond donors (Lipinski definition) is 1. The Morgan fingerprint density at radius 2 is 1.67 bits per heavy atom. The van der Waals surface area contributed by atoms with Gasteiger partial charge in [-0.25, -0.2) is 0 Å². The summed E-state index contributed by atoms with van der Waals surface area (Å²) < 4.78 is 0. The van der Waals surface area contributed by atoms with Gasteiger partial charge in [0, 0.05) is 13.6 Å². The lowest BCUT2D eigenvalue weighted by molar-refractivity contribution is -0.139. The first-order valence-corrected chi connectivity index (χ1v) is 9.49. The third-order valence-corrected chi connectivity index (χ3v) is 5.42. The van der Waals surface area contributed by atoms with Crippen molar-refractivity contribution in [2.75, 3.05) is 7.05 Å². The van der Waals surface area contributed by atoms with Crippen LogP contribution in [-0.4, -0.2) is 29.8 Å². The molecule has 27 heavy (non-hydrogen) atoms. The van der Waals surface area contributed by atoms with Gasteiger partial charge >= 0.3 is 0 Å². The number of rotatable bonds is 6. The number of likely N-dealkylation sites (N-methyl/N-ethyl adjacent to an activating group) is 1. The number of carbonyl (C=O) groups excluding carboxylic acids is 2. The Bertz CT molecular complexity index is 852. The molecular formula is C21H24Cl2N2O2. The van der Waals surface area contributed by atoms with Gasteiger partial charge in [0.05, 0.1) is 16.5 Å². The monoisotopic (exact) mass is 406 g/mol. The Labute approximate surface area is 170 Å². The first-order chi connectivity index (χ1) is 12.7. The van der Waals surface area contributed by atoms with Crippen LogP contribution in [0.5, 0.6) is 0 Å². The molecule has 1 N–H and O–H groups in total. The number of hydrogen-bond acceptors (Lipinski definition) is 2. The van der Waals surface area contributed by atoms with Crippen LogP contribution in [0.2, 0.25) is 10.0 Å². The molecule has 0 spiro atoms. The summed E-state index contributed by atoms with van der Waals surface area (Å²) in [5.74, 6) is -0.344. The molecule has 0 fully saturated rings. The SMILES string of the molecule is CNC(=O)[C@@H](C)N(Cc1ccc(Cl)c(Cl)c1)C(=O)Cc1ccc(C)c(C)c1. The van der Waals surface area contributed by atoms with Crippen molar-refractivity contribution in [1.29, 1.82) is 0 Å². The molecule has 6 heteroatoms. The average molecular weight is 407 g/mol. The minimum absolute atomic E-state index is 0.125. The van der Waals surface area contributed by atoms with Gasteiger partial charge in [-0.05, 0) is 55.2 Å². The number of halogens is 2. The van der Waals surface area contributed by atoms with E-state index in [1.54, 1.807) is 37.1 Å². The number of nitrogens with zero attached hydrogens (tertiary/aromatic N) is 1. The van der Waals surface area contributed by atoms with Gasteiger partial charge in [0.25, 0.3) is 0 Å². The van der Waals surface area contributed by atoms with Crippen molar-refractivity contribution in [3.63, 3.8) is 0 Å². The number of aryl methyl sites for hydroxylation is 2. The zero-order chi connectivity index (χ0) is 20.1. The molecule has 0 aromatic heterocycles. The highest BCUT2D eigenvalue weighted by Crippen LogP contribution is 2.24. The van der Waals surface area contributed by atoms with Gasteiger partial charge in [-0.3, -0.25) is 9.59 Å². The van der Waals surface area contributed by atoms with Crippen LogP contribution in [-0.2, 0) is 22.6 Å². The summed E-state index contributed by atoms with van der Waals surface area (Å²) in [6.07, 6.45) is 0.226. The topological polar surface area (TPSA) is 49.4 Å². The molecule has 2 amide bonds. The maximum Gasteiger partial charge on any atom is 0.242 e. The minimum Gasteiger partial charge on any atom is -0.357 e. The van der Waals surface area contributed by atoms with Gasteiger partial charge in [0.15, 0.2) is 0 Å². The maximum atomic E-state index is 13.0. The molecule has 0 bridgehead atoms. The molecule has 1 atom stereocenters. The van der Waals surface area contributed by atoms with E-state index in [1.165, 1.54) is 5.56 Å². The number of benzene rings is 2.